The first-order chi connectivity index (χ1) is 15.8. The summed E-state index contributed by atoms with van der Waals surface area (Å²) in [7, 11) is 0. The van der Waals surface area contributed by atoms with Crippen molar-refractivity contribution in [1.82, 2.24) is 9.55 Å². The number of Topliss-reactive ketones (excluding diaryl/α,β-unsaturated/α-hetero) is 1. The van der Waals surface area contributed by atoms with Crippen LogP contribution in [0.1, 0.15) is 51.9 Å². The van der Waals surface area contributed by atoms with Crippen LogP contribution in [0.5, 0.6) is 5.75 Å². The van der Waals surface area contributed by atoms with Gasteiger partial charge in [-0.2, -0.15) is 8.78 Å². The average molecular weight is 491 g/mol. The molecule has 9 heteroatoms. The average Bonchev–Trinajstić information content (AvgIpc) is 3.16. The summed E-state index contributed by atoms with van der Waals surface area (Å²) >= 11 is 7.15. The molecule has 33 heavy (non-hydrogen) atoms. The SMILES string of the molecule is C[C@H](Sc1nc2c(n1C(=O)c1ccc(OC(F)F)cc1)CCCC2)C(=O)c1ccc(Cl)cc1. The van der Waals surface area contributed by atoms with Crippen molar-refractivity contribution < 1.29 is 23.1 Å². The Morgan fingerprint density at radius 1 is 1.03 bits per heavy atom. The minimum atomic E-state index is -2.94. The number of aromatic nitrogens is 2. The third kappa shape index (κ3) is 5.28. The van der Waals surface area contributed by atoms with E-state index in [1.165, 1.54) is 36.0 Å². The molecule has 172 valence electrons. The van der Waals surface area contributed by atoms with E-state index in [2.05, 4.69) is 4.74 Å². The molecule has 0 saturated heterocycles. The van der Waals surface area contributed by atoms with Crippen LogP contribution in [-0.2, 0) is 12.8 Å². The van der Waals surface area contributed by atoms with Crippen molar-refractivity contribution in [2.45, 2.75) is 49.6 Å². The molecule has 2 aromatic carbocycles. The van der Waals surface area contributed by atoms with E-state index >= 15 is 0 Å². The highest BCUT2D eigenvalue weighted by Gasteiger charge is 2.28. The van der Waals surface area contributed by atoms with E-state index < -0.39 is 11.9 Å². The lowest BCUT2D eigenvalue weighted by molar-refractivity contribution is -0.0498. The second kappa shape index (κ2) is 10.1. The van der Waals surface area contributed by atoms with Gasteiger partial charge in [-0.1, -0.05) is 23.4 Å². The van der Waals surface area contributed by atoms with E-state index in [9.17, 15) is 18.4 Å². The van der Waals surface area contributed by atoms with Gasteiger partial charge in [0.25, 0.3) is 5.91 Å². The fourth-order valence-electron chi connectivity index (χ4n) is 3.77. The predicted octanol–water partition coefficient (Wildman–Crippen LogP) is 6.07. The van der Waals surface area contributed by atoms with Gasteiger partial charge in [-0.25, -0.2) is 4.98 Å². The molecule has 1 heterocycles. The molecule has 1 aromatic heterocycles. The molecule has 5 nitrogen and oxygen atoms in total. The van der Waals surface area contributed by atoms with Gasteiger partial charge in [0.2, 0.25) is 0 Å². The molecule has 0 saturated carbocycles. The number of nitrogens with zero attached hydrogens (tertiary/aromatic N) is 2. The van der Waals surface area contributed by atoms with Crippen molar-refractivity contribution in [1.29, 1.82) is 0 Å². The lowest BCUT2D eigenvalue weighted by Gasteiger charge is -2.15. The van der Waals surface area contributed by atoms with Gasteiger partial charge in [0, 0.05) is 21.8 Å². The van der Waals surface area contributed by atoms with Crippen molar-refractivity contribution in [3.63, 3.8) is 0 Å². The van der Waals surface area contributed by atoms with Gasteiger partial charge in [-0.05, 0) is 81.1 Å². The number of imidazole rings is 1. The van der Waals surface area contributed by atoms with Crippen LogP contribution in [-0.4, -0.2) is 33.1 Å². The molecule has 0 aliphatic heterocycles. The summed E-state index contributed by atoms with van der Waals surface area (Å²) in [4.78, 5) is 31.0. The number of hydrogen-bond acceptors (Lipinski definition) is 5. The van der Waals surface area contributed by atoms with Gasteiger partial charge in [0.15, 0.2) is 10.9 Å². The molecular formula is C24H21ClF2N2O3S. The van der Waals surface area contributed by atoms with Crippen LogP contribution in [0.4, 0.5) is 8.78 Å². The molecular weight excluding hydrogens is 470 g/mol. The Hall–Kier alpha value is -2.71. The van der Waals surface area contributed by atoms with Crippen molar-refractivity contribution in [3.05, 3.63) is 76.1 Å². The van der Waals surface area contributed by atoms with Gasteiger partial charge in [0.05, 0.1) is 10.9 Å². The fraction of sp³-hybridized carbons (Fsp3) is 0.292. The van der Waals surface area contributed by atoms with Crippen LogP contribution < -0.4 is 4.74 Å². The molecule has 3 aromatic rings. The molecule has 1 aliphatic carbocycles. The normalized spacial score (nSPS) is 14.1. The zero-order chi connectivity index (χ0) is 23.5. The molecule has 0 fully saturated rings. The number of benzene rings is 2. The smallest absolute Gasteiger partial charge is 0.387 e. The van der Waals surface area contributed by atoms with Crippen molar-refractivity contribution in [2.75, 3.05) is 0 Å². The van der Waals surface area contributed by atoms with Crippen LogP contribution in [0.25, 0.3) is 0 Å². The molecule has 0 amide bonds. The molecule has 0 N–H and O–H groups in total. The second-order valence-electron chi connectivity index (χ2n) is 7.67. The van der Waals surface area contributed by atoms with Gasteiger partial charge in [0.1, 0.15) is 5.75 Å². The lowest BCUT2D eigenvalue weighted by atomic mass is 10.0. The summed E-state index contributed by atoms with van der Waals surface area (Å²) in [6.45, 7) is -1.16. The maximum Gasteiger partial charge on any atom is 0.387 e. The first-order valence-electron chi connectivity index (χ1n) is 10.5. The highest BCUT2D eigenvalue weighted by Crippen LogP contribution is 2.32. The summed E-state index contributed by atoms with van der Waals surface area (Å²) < 4.78 is 30.8. The van der Waals surface area contributed by atoms with Crippen molar-refractivity contribution in [2.24, 2.45) is 0 Å². The van der Waals surface area contributed by atoms with Crippen molar-refractivity contribution >= 4 is 35.1 Å². The second-order valence-corrected chi connectivity index (χ2v) is 9.41. The molecule has 0 spiro atoms. The number of halogens is 3. The number of carbonyl (C=O) groups is 2. The third-order valence-electron chi connectivity index (χ3n) is 5.41. The number of alkyl halides is 2. The van der Waals surface area contributed by atoms with Gasteiger partial charge < -0.3 is 4.74 Å². The molecule has 0 bridgehead atoms. The Kier molecular flexibility index (Phi) is 7.14. The largest absolute Gasteiger partial charge is 0.435 e. The first kappa shape index (κ1) is 23.4. The molecule has 4 rings (SSSR count). The van der Waals surface area contributed by atoms with Gasteiger partial charge in [-0.15, -0.1) is 0 Å². The van der Waals surface area contributed by atoms with Crippen LogP contribution >= 0.6 is 23.4 Å². The number of rotatable bonds is 7. The molecule has 0 radical (unpaired) electrons. The Bertz CT molecular complexity index is 1160. The number of thioether (sulfide) groups is 1. The number of aryl methyl sites for hydroxylation is 1. The van der Waals surface area contributed by atoms with Crippen molar-refractivity contribution in [3.8, 4) is 5.75 Å². The Morgan fingerprint density at radius 3 is 2.33 bits per heavy atom. The quantitative estimate of drug-likeness (QED) is 0.297. The minimum Gasteiger partial charge on any atom is -0.435 e. The van der Waals surface area contributed by atoms with E-state index in [1.54, 1.807) is 35.8 Å². The number of fused-ring (bicyclic) bond motifs is 1. The van der Waals surface area contributed by atoms with E-state index in [1.807, 2.05) is 0 Å². The van der Waals surface area contributed by atoms with E-state index in [-0.39, 0.29) is 17.4 Å². The third-order valence-corrected chi connectivity index (χ3v) is 6.72. The maximum atomic E-state index is 13.4. The summed E-state index contributed by atoms with van der Waals surface area (Å²) in [5, 5.41) is 0.517. The minimum absolute atomic E-state index is 0.0222. The Morgan fingerprint density at radius 2 is 1.67 bits per heavy atom. The predicted molar refractivity (Wildman–Crippen MR) is 123 cm³/mol. The lowest BCUT2D eigenvalue weighted by Crippen LogP contribution is -2.20. The monoisotopic (exact) mass is 490 g/mol. The number of hydrogen-bond donors (Lipinski definition) is 0. The first-order valence-corrected chi connectivity index (χ1v) is 11.8. The Balaban J connectivity index is 1.62. The summed E-state index contributed by atoms with van der Waals surface area (Å²) in [5.74, 6) is -0.431. The van der Waals surface area contributed by atoms with Crippen LogP contribution in [0.3, 0.4) is 0 Å². The molecule has 1 aliphatic rings. The fourth-order valence-corrected chi connectivity index (χ4v) is 4.92. The molecule has 1 atom stereocenters. The van der Waals surface area contributed by atoms with Crippen LogP contribution in [0.2, 0.25) is 5.02 Å². The molecule has 0 unspecified atom stereocenters. The van der Waals surface area contributed by atoms with E-state index in [4.69, 9.17) is 16.6 Å². The highest BCUT2D eigenvalue weighted by atomic mass is 35.5. The van der Waals surface area contributed by atoms with Crippen LogP contribution in [0, 0.1) is 0 Å². The standard InChI is InChI=1S/C24H21ClF2N2O3S/c1-14(21(30)15-6-10-17(25)11-7-15)33-24-28-19-4-2-3-5-20(19)29(24)22(31)16-8-12-18(13-9-16)32-23(26)27/h6-14,23H,2-5H2,1H3/t14-/m0/s1. The van der Waals surface area contributed by atoms with E-state index in [0.717, 1.165) is 30.7 Å². The van der Waals surface area contributed by atoms with Crippen LogP contribution in [0.15, 0.2) is 53.7 Å². The Labute approximate surface area is 199 Å². The van der Waals surface area contributed by atoms with E-state index in [0.29, 0.717) is 27.7 Å². The summed E-state index contributed by atoms with van der Waals surface area (Å²) in [6.07, 6.45) is 3.41. The van der Waals surface area contributed by atoms with Gasteiger partial charge >= 0.3 is 6.61 Å². The zero-order valence-corrected chi connectivity index (χ0v) is 19.3. The number of ether oxygens (including phenoxy) is 1. The highest BCUT2D eigenvalue weighted by molar-refractivity contribution is 8.00. The van der Waals surface area contributed by atoms with Gasteiger partial charge in [-0.3, -0.25) is 14.2 Å². The maximum absolute atomic E-state index is 13.4. The summed E-state index contributed by atoms with van der Waals surface area (Å²) in [5.41, 5.74) is 2.55. The number of carbonyl (C=O) groups excluding carboxylic acids is 2. The zero-order valence-electron chi connectivity index (χ0n) is 17.8. The summed E-state index contributed by atoms with van der Waals surface area (Å²) in [6, 6.07) is 12.2. The number of ketones is 1. The topological polar surface area (TPSA) is 61.2 Å².